The van der Waals surface area contributed by atoms with Crippen molar-refractivity contribution in [3.63, 3.8) is 0 Å². The quantitative estimate of drug-likeness (QED) is 0.860. The van der Waals surface area contributed by atoms with Gasteiger partial charge in [0, 0.05) is 28.9 Å². The van der Waals surface area contributed by atoms with Gasteiger partial charge in [-0.15, -0.1) is 0 Å². The zero-order valence-corrected chi connectivity index (χ0v) is 13.2. The molecular formula is C18H26N2O. The fourth-order valence-corrected chi connectivity index (χ4v) is 4.30. The molecule has 114 valence electrons. The molecule has 3 rings (SSSR count). The summed E-state index contributed by atoms with van der Waals surface area (Å²) in [4.78, 5) is 15.3. The van der Waals surface area contributed by atoms with E-state index in [1.807, 2.05) is 17.0 Å². The molecule has 1 aliphatic heterocycles. The van der Waals surface area contributed by atoms with Crippen molar-refractivity contribution in [3.8, 4) is 0 Å². The molecule has 21 heavy (non-hydrogen) atoms. The molecule has 3 nitrogen and oxygen atoms in total. The summed E-state index contributed by atoms with van der Waals surface area (Å²) in [5, 5.41) is 0. The molecule has 1 fully saturated rings. The monoisotopic (exact) mass is 286 g/mol. The van der Waals surface area contributed by atoms with Gasteiger partial charge in [-0.2, -0.15) is 0 Å². The molecule has 0 spiro atoms. The average molecular weight is 286 g/mol. The Hall–Kier alpha value is -1.51. The third-order valence-electron chi connectivity index (χ3n) is 5.12. The van der Waals surface area contributed by atoms with Gasteiger partial charge < -0.3 is 10.6 Å². The first kappa shape index (κ1) is 14.4. The zero-order valence-electron chi connectivity index (χ0n) is 13.2. The number of anilines is 2. The van der Waals surface area contributed by atoms with Gasteiger partial charge in [0.25, 0.3) is 0 Å². The number of carbonyl (C=O) groups excluding carboxylic acids is 1. The summed E-state index contributed by atoms with van der Waals surface area (Å²) in [6.45, 7) is 5.24. The van der Waals surface area contributed by atoms with Gasteiger partial charge >= 0.3 is 0 Å². The van der Waals surface area contributed by atoms with Crippen LogP contribution in [-0.4, -0.2) is 12.5 Å². The number of nitrogens with two attached hydrogens (primary N) is 1. The van der Waals surface area contributed by atoms with Crippen molar-refractivity contribution in [2.24, 2.45) is 11.3 Å². The Morgan fingerprint density at radius 2 is 2.05 bits per heavy atom. The third-order valence-corrected chi connectivity index (χ3v) is 5.12. The highest BCUT2D eigenvalue weighted by Gasteiger charge is 2.45. The van der Waals surface area contributed by atoms with E-state index in [9.17, 15) is 4.79 Å². The summed E-state index contributed by atoms with van der Waals surface area (Å²) >= 11 is 0. The van der Waals surface area contributed by atoms with Crippen molar-refractivity contribution in [1.82, 2.24) is 0 Å². The molecule has 0 saturated heterocycles. The van der Waals surface area contributed by atoms with Crippen LogP contribution in [-0.2, 0) is 11.2 Å². The maximum absolute atomic E-state index is 13.3. The number of benzene rings is 1. The lowest BCUT2D eigenvalue weighted by molar-refractivity contribution is -0.128. The van der Waals surface area contributed by atoms with Gasteiger partial charge in [-0.25, -0.2) is 0 Å². The fourth-order valence-electron chi connectivity index (χ4n) is 4.30. The van der Waals surface area contributed by atoms with Crippen molar-refractivity contribution >= 4 is 17.3 Å². The molecule has 1 aromatic carbocycles. The van der Waals surface area contributed by atoms with Crippen LogP contribution in [0.25, 0.3) is 0 Å². The number of nitrogen functional groups attached to an aromatic ring is 1. The van der Waals surface area contributed by atoms with Crippen molar-refractivity contribution in [2.75, 3.05) is 17.2 Å². The van der Waals surface area contributed by atoms with Crippen molar-refractivity contribution in [1.29, 1.82) is 0 Å². The first-order valence-corrected chi connectivity index (χ1v) is 8.23. The third kappa shape index (κ3) is 2.43. The summed E-state index contributed by atoms with van der Waals surface area (Å²) in [6.07, 6.45) is 6.40. The van der Waals surface area contributed by atoms with Crippen molar-refractivity contribution in [3.05, 3.63) is 23.8 Å². The molecule has 2 aliphatic rings. The number of fused-ring (bicyclic) bond motifs is 1. The van der Waals surface area contributed by atoms with Gasteiger partial charge in [0.05, 0.1) is 0 Å². The van der Waals surface area contributed by atoms with Crippen LogP contribution in [0.15, 0.2) is 18.2 Å². The zero-order chi connectivity index (χ0) is 15.0. The predicted molar refractivity (Wildman–Crippen MR) is 87.3 cm³/mol. The van der Waals surface area contributed by atoms with Gasteiger partial charge in [0.2, 0.25) is 5.91 Å². The van der Waals surface area contributed by atoms with E-state index >= 15 is 0 Å². The highest BCUT2D eigenvalue weighted by Crippen LogP contribution is 2.46. The molecule has 0 radical (unpaired) electrons. The highest BCUT2D eigenvalue weighted by molar-refractivity contribution is 6.00. The van der Waals surface area contributed by atoms with E-state index in [4.69, 9.17) is 5.73 Å². The van der Waals surface area contributed by atoms with Gasteiger partial charge in [-0.3, -0.25) is 4.79 Å². The molecule has 1 aromatic rings. The molecule has 0 atom stereocenters. The molecule has 1 heterocycles. The smallest absolute Gasteiger partial charge is 0.233 e. The molecule has 0 aromatic heterocycles. The van der Waals surface area contributed by atoms with E-state index < -0.39 is 0 Å². The second kappa shape index (κ2) is 5.36. The van der Waals surface area contributed by atoms with E-state index in [-0.39, 0.29) is 5.41 Å². The summed E-state index contributed by atoms with van der Waals surface area (Å²) in [5.74, 6) is 0.910. The SMILES string of the molecule is CC(C)CC1(C(=O)N2CCc3c(N)cccc32)CCCC1. The lowest BCUT2D eigenvalue weighted by atomic mass is 9.77. The number of hydrogen-bond acceptors (Lipinski definition) is 2. The molecule has 0 unspecified atom stereocenters. The Labute approximate surface area is 127 Å². The Morgan fingerprint density at radius 1 is 1.33 bits per heavy atom. The topological polar surface area (TPSA) is 46.3 Å². The van der Waals surface area contributed by atoms with E-state index in [1.165, 1.54) is 12.8 Å². The molecule has 1 aliphatic carbocycles. The number of carbonyl (C=O) groups is 1. The van der Waals surface area contributed by atoms with Crippen molar-refractivity contribution < 1.29 is 4.79 Å². The van der Waals surface area contributed by atoms with Crippen molar-refractivity contribution in [2.45, 2.75) is 52.4 Å². The van der Waals surface area contributed by atoms with Crippen LogP contribution >= 0.6 is 0 Å². The normalized spacial score (nSPS) is 20.0. The van der Waals surface area contributed by atoms with Crippen LogP contribution in [0.3, 0.4) is 0 Å². The maximum atomic E-state index is 13.3. The number of hydrogen-bond donors (Lipinski definition) is 1. The van der Waals surface area contributed by atoms with E-state index in [0.717, 1.165) is 49.2 Å². The second-order valence-electron chi connectivity index (χ2n) is 7.14. The molecule has 2 N–H and O–H groups in total. The minimum absolute atomic E-state index is 0.125. The highest BCUT2D eigenvalue weighted by atomic mass is 16.2. The van der Waals surface area contributed by atoms with E-state index in [2.05, 4.69) is 19.9 Å². The average Bonchev–Trinajstić information content (AvgIpc) is 3.05. The van der Waals surface area contributed by atoms with Gasteiger partial charge in [-0.05, 0) is 43.7 Å². The van der Waals surface area contributed by atoms with E-state index in [0.29, 0.717) is 11.8 Å². The first-order chi connectivity index (χ1) is 10.0. The number of amides is 1. The lowest BCUT2D eigenvalue weighted by Crippen LogP contribution is -2.42. The van der Waals surface area contributed by atoms with Gasteiger partial charge in [-0.1, -0.05) is 32.8 Å². The number of rotatable bonds is 3. The van der Waals surface area contributed by atoms with Gasteiger partial charge in [0.15, 0.2) is 0 Å². The fraction of sp³-hybridized carbons (Fsp3) is 0.611. The standard InChI is InChI=1S/C18H26N2O/c1-13(2)12-18(9-3-4-10-18)17(21)20-11-8-14-15(19)6-5-7-16(14)20/h5-7,13H,3-4,8-12,19H2,1-2H3. The minimum Gasteiger partial charge on any atom is -0.398 e. The molecule has 1 saturated carbocycles. The number of nitrogens with zero attached hydrogens (tertiary/aromatic N) is 1. The minimum atomic E-state index is -0.125. The maximum Gasteiger partial charge on any atom is 0.233 e. The largest absolute Gasteiger partial charge is 0.398 e. The Bertz CT molecular complexity index is 544. The Morgan fingerprint density at radius 3 is 2.71 bits per heavy atom. The first-order valence-electron chi connectivity index (χ1n) is 8.23. The molecule has 1 amide bonds. The van der Waals surface area contributed by atoms with Crippen LogP contribution in [0.4, 0.5) is 11.4 Å². The van der Waals surface area contributed by atoms with Crippen LogP contribution in [0.1, 0.15) is 51.5 Å². The van der Waals surface area contributed by atoms with Crippen LogP contribution in [0, 0.1) is 11.3 Å². The summed E-state index contributed by atoms with van der Waals surface area (Å²) in [7, 11) is 0. The predicted octanol–water partition coefficient (Wildman–Crippen LogP) is 3.76. The molecular weight excluding hydrogens is 260 g/mol. The van der Waals surface area contributed by atoms with Crippen LogP contribution in [0.5, 0.6) is 0 Å². The molecule has 3 heteroatoms. The second-order valence-corrected chi connectivity index (χ2v) is 7.14. The summed E-state index contributed by atoms with van der Waals surface area (Å²) < 4.78 is 0. The van der Waals surface area contributed by atoms with Gasteiger partial charge in [0.1, 0.15) is 0 Å². The summed E-state index contributed by atoms with van der Waals surface area (Å²) in [5.41, 5.74) is 8.97. The molecule has 0 bridgehead atoms. The van der Waals surface area contributed by atoms with Crippen LogP contribution < -0.4 is 10.6 Å². The summed E-state index contributed by atoms with van der Waals surface area (Å²) in [6, 6.07) is 5.95. The Kier molecular flexibility index (Phi) is 3.68. The van der Waals surface area contributed by atoms with Crippen LogP contribution in [0.2, 0.25) is 0 Å². The lowest BCUT2D eigenvalue weighted by Gasteiger charge is -2.34. The Balaban J connectivity index is 1.91. The van der Waals surface area contributed by atoms with E-state index in [1.54, 1.807) is 0 Å².